The van der Waals surface area contributed by atoms with Crippen molar-refractivity contribution in [2.45, 2.75) is 40.7 Å². The third-order valence-corrected chi connectivity index (χ3v) is 2.37. The Labute approximate surface area is 92.0 Å². The molecule has 0 aliphatic rings. The molecule has 1 N–H and O–H groups in total. The van der Waals surface area contributed by atoms with Crippen LogP contribution in [0.15, 0.2) is 0 Å². The highest BCUT2D eigenvalue weighted by Crippen LogP contribution is 2.06. The van der Waals surface area contributed by atoms with E-state index in [2.05, 4.69) is 5.32 Å². The fourth-order valence-corrected chi connectivity index (χ4v) is 1.46. The van der Waals surface area contributed by atoms with Crippen molar-refractivity contribution in [3.63, 3.8) is 0 Å². The van der Waals surface area contributed by atoms with E-state index in [1.54, 1.807) is 4.90 Å². The van der Waals surface area contributed by atoms with Crippen LogP contribution in [0.1, 0.15) is 34.6 Å². The molecule has 1 atom stereocenters. The van der Waals surface area contributed by atoms with Crippen LogP contribution in [0.25, 0.3) is 0 Å². The Morgan fingerprint density at radius 1 is 1.20 bits per heavy atom. The molecule has 4 nitrogen and oxygen atoms in total. The van der Waals surface area contributed by atoms with E-state index in [1.165, 1.54) is 6.92 Å². The summed E-state index contributed by atoms with van der Waals surface area (Å²) in [6, 6.07) is -0.401. The normalized spacial score (nSPS) is 12.4. The molecule has 0 aromatic rings. The average Bonchev–Trinajstić information content (AvgIpc) is 2.15. The summed E-state index contributed by atoms with van der Waals surface area (Å²) in [4.78, 5) is 24.7. The molecule has 0 bridgehead atoms. The van der Waals surface area contributed by atoms with Crippen molar-refractivity contribution in [3.05, 3.63) is 0 Å². The monoisotopic (exact) mass is 214 g/mol. The van der Waals surface area contributed by atoms with Crippen LogP contribution in [0.4, 0.5) is 0 Å². The minimum absolute atomic E-state index is 0.00481. The molecule has 0 radical (unpaired) electrons. The lowest BCUT2D eigenvalue weighted by Gasteiger charge is -2.27. The van der Waals surface area contributed by atoms with Crippen LogP contribution in [0.2, 0.25) is 0 Å². The predicted molar refractivity (Wildman–Crippen MR) is 60.4 cm³/mol. The van der Waals surface area contributed by atoms with Gasteiger partial charge < -0.3 is 10.2 Å². The molecule has 0 heterocycles. The summed E-state index contributed by atoms with van der Waals surface area (Å²) >= 11 is 0. The van der Waals surface area contributed by atoms with Gasteiger partial charge in [-0.3, -0.25) is 9.59 Å². The van der Waals surface area contributed by atoms with Crippen LogP contribution in [0.5, 0.6) is 0 Å². The van der Waals surface area contributed by atoms with Crippen LogP contribution in [-0.2, 0) is 9.59 Å². The molecule has 0 aromatic heterocycles. The zero-order valence-corrected chi connectivity index (χ0v) is 10.3. The smallest absolute Gasteiger partial charge is 0.245 e. The molecule has 0 saturated carbocycles. The maximum absolute atomic E-state index is 12.0. The second-order valence-electron chi connectivity index (χ2n) is 3.93. The summed E-state index contributed by atoms with van der Waals surface area (Å²) in [6.07, 6.45) is 0. The van der Waals surface area contributed by atoms with E-state index in [4.69, 9.17) is 0 Å². The first kappa shape index (κ1) is 13.9. The zero-order chi connectivity index (χ0) is 12.0. The fourth-order valence-electron chi connectivity index (χ4n) is 1.46. The Bertz CT molecular complexity index is 223. The summed E-state index contributed by atoms with van der Waals surface area (Å²) in [7, 11) is 0. The minimum atomic E-state index is -0.401. The number of likely N-dealkylation sites (N-methyl/N-ethyl adjacent to an activating group) is 1. The Hall–Kier alpha value is -1.06. The Balaban J connectivity index is 4.60. The molecule has 0 unspecified atom stereocenters. The number of rotatable bonds is 5. The van der Waals surface area contributed by atoms with E-state index in [0.717, 1.165) is 0 Å². The molecule has 2 amide bonds. The first-order valence-electron chi connectivity index (χ1n) is 5.49. The van der Waals surface area contributed by atoms with E-state index in [9.17, 15) is 9.59 Å². The Morgan fingerprint density at radius 3 is 1.93 bits per heavy atom. The van der Waals surface area contributed by atoms with Crippen molar-refractivity contribution >= 4 is 11.8 Å². The maximum Gasteiger partial charge on any atom is 0.245 e. The average molecular weight is 214 g/mol. The lowest BCUT2D eigenvalue weighted by molar-refractivity contribution is -0.137. The van der Waals surface area contributed by atoms with Crippen LogP contribution in [0, 0.1) is 5.92 Å². The molecule has 0 aromatic carbocycles. The second-order valence-corrected chi connectivity index (χ2v) is 3.93. The molecule has 15 heavy (non-hydrogen) atoms. The molecule has 0 aliphatic heterocycles. The highest BCUT2D eigenvalue weighted by Gasteiger charge is 2.26. The van der Waals surface area contributed by atoms with E-state index < -0.39 is 6.04 Å². The number of amides is 2. The van der Waals surface area contributed by atoms with Crippen LogP contribution < -0.4 is 5.32 Å². The number of nitrogens with zero attached hydrogens (tertiary/aromatic N) is 1. The zero-order valence-electron chi connectivity index (χ0n) is 10.3. The predicted octanol–water partition coefficient (Wildman–Crippen LogP) is 1.02. The molecular formula is C11H22N2O2. The summed E-state index contributed by atoms with van der Waals surface area (Å²) in [5.41, 5.74) is 0. The fraction of sp³-hybridized carbons (Fsp3) is 0.818. The van der Waals surface area contributed by atoms with Crippen molar-refractivity contribution in [3.8, 4) is 0 Å². The van der Waals surface area contributed by atoms with Crippen molar-refractivity contribution in [1.29, 1.82) is 0 Å². The van der Waals surface area contributed by atoms with Gasteiger partial charge in [-0.25, -0.2) is 0 Å². The standard InChI is InChI=1S/C11H22N2O2/c1-6-13(7-2)11(15)10(8(3)4)12-9(5)14/h8,10H,6-7H2,1-5H3,(H,12,14)/t10-/m1/s1. The molecule has 0 saturated heterocycles. The van der Waals surface area contributed by atoms with E-state index in [-0.39, 0.29) is 17.7 Å². The summed E-state index contributed by atoms with van der Waals surface area (Å²) in [5, 5.41) is 2.70. The second kappa shape index (κ2) is 6.43. The van der Waals surface area contributed by atoms with Gasteiger partial charge in [-0.15, -0.1) is 0 Å². The van der Waals surface area contributed by atoms with Crippen molar-refractivity contribution in [1.82, 2.24) is 10.2 Å². The number of hydrogen-bond donors (Lipinski definition) is 1. The van der Waals surface area contributed by atoms with Gasteiger partial charge in [-0.1, -0.05) is 13.8 Å². The lowest BCUT2D eigenvalue weighted by atomic mass is 10.0. The highest BCUT2D eigenvalue weighted by molar-refractivity contribution is 5.87. The van der Waals surface area contributed by atoms with Gasteiger partial charge in [0.15, 0.2) is 0 Å². The molecule has 88 valence electrons. The van der Waals surface area contributed by atoms with Crippen LogP contribution in [-0.4, -0.2) is 35.8 Å². The maximum atomic E-state index is 12.0. The number of nitrogens with one attached hydrogen (secondary N) is 1. The largest absolute Gasteiger partial charge is 0.344 e. The quantitative estimate of drug-likeness (QED) is 0.742. The van der Waals surface area contributed by atoms with E-state index in [1.807, 2.05) is 27.7 Å². The van der Waals surface area contributed by atoms with Gasteiger partial charge in [-0.2, -0.15) is 0 Å². The van der Waals surface area contributed by atoms with Gasteiger partial charge in [0.2, 0.25) is 11.8 Å². The van der Waals surface area contributed by atoms with Crippen molar-refractivity contribution < 1.29 is 9.59 Å². The molecule has 0 rings (SSSR count). The Morgan fingerprint density at radius 2 is 1.67 bits per heavy atom. The van der Waals surface area contributed by atoms with Gasteiger partial charge in [0.1, 0.15) is 6.04 Å². The van der Waals surface area contributed by atoms with Crippen molar-refractivity contribution in [2.24, 2.45) is 5.92 Å². The first-order chi connectivity index (χ1) is 6.93. The molecule has 4 heteroatoms. The Kier molecular flexibility index (Phi) is 5.97. The first-order valence-corrected chi connectivity index (χ1v) is 5.49. The molecular weight excluding hydrogens is 192 g/mol. The number of carbonyl (C=O) groups is 2. The highest BCUT2D eigenvalue weighted by atomic mass is 16.2. The third-order valence-electron chi connectivity index (χ3n) is 2.37. The number of carbonyl (C=O) groups excluding carboxylic acids is 2. The summed E-state index contributed by atoms with van der Waals surface area (Å²) in [6.45, 7) is 10.5. The summed E-state index contributed by atoms with van der Waals surface area (Å²) in [5.74, 6) is -0.0404. The molecule has 0 spiro atoms. The van der Waals surface area contributed by atoms with Gasteiger partial charge in [0.25, 0.3) is 0 Å². The third kappa shape index (κ3) is 4.32. The van der Waals surface area contributed by atoms with Gasteiger partial charge in [-0.05, 0) is 19.8 Å². The van der Waals surface area contributed by atoms with Crippen LogP contribution >= 0.6 is 0 Å². The van der Waals surface area contributed by atoms with Gasteiger partial charge >= 0.3 is 0 Å². The van der Waals surface area contributed by atoms with Crippen LogP contribution in [0.3, 0.4) is 0 Å². The topological polar surface area (TPSA) is 49.4 Å². The van der Waals surface area contributed by atoms with Gasteiger partial charge in [0, 0.05) is 20.0 Å². The lowest BCUT2D eigenvalue weighted by Crippen LogP contribution is -2.50. The van der Waals surface area contributed by atoms with E-state index in [0.29, 0.717) is 13.1 Å². The minimum Gasteiger partial charge on any atom is -0.344 e. The molecule has 0 aliphatic carbocycles. The molecule has 0 fully saturated rings. The summed E-state index contributed by atoms with van der Waals surface area (Å²) < 4.78 is 0. The number of hydrogen-bond acceptors (Lipinski definition) is 2. The van der Waals surface area contributed by atoms with E-state index >= 15 is 0 Å². The SMILES string of the molecule is CCN(CC)C(=O)[C@H](NC(C)=O)C(C)C. The van der Waals surface area contributed by atoms with Crippen molar-refractivity contribution in [2.75, 3.05) is 13.1 Å². The van der Waals surface area contributed by atoms with Gasteiger partial charge in [0.05, 0.1) is 0 Å².